The number of nitrogen functional groups attached to an aromatic ring is 1. The van der Waals surface area contributed by atoms with Crippen molar-refractivity contribution in [1.82, 2.24) is 4.98 Å². The molecule has 6 heteroatoms. The predicted octanol–water partition coefficient (Wildman–Crippen LogP) is 1.46. The normalized spacial score (nSPS) is 13.3. The van der Waals surface area contributed by atoms with Crippen LogP contribution >= 0.6 is 0 Å². The summed E-state index contributed by atoms with van der Waals surface area (Å²) in [6.07, 6.45) is 1.55. The molecule has 2 N–H and O–H groups in total. The zero-order valence-corrected chi connectivity index (χ0v) is 11.1. The lowest BCUT2D eigenvalue weighted by Gasteiger charge is -2.29. The molecule has 0 saturated heterocycles. The molecule has 1 aromatic carbocycles. The minimum Gasteiger partial charge on any atom is -0.482 e. The number of hydrogen-bond acceptors (Lipinski definition) is 5. The number of nitrogens with zero attached hydrogens (tertiary/aromatic N) is 3. The highest BCUT2D eigenvalue weighted by Gasteiger charge is 2.26. The summed E-state index contributed by atoms with van der Waals surface area (Å²) in [5, 5.41) is 9.09. The fourth-order valence-electron chi connectivity index (χ4n) is 2.23. The molecule has 0 saturated carbocycles. The second kappa shape index (κ2) is 5.13. The fourth-order valence-corrected chi connectivity index (χ4v) is 2.23. The van der Waals surface area contributed by atoms with Crippen LogP contribution in [0.2, 0.25) is 0 Å². The number of fused-ring (bicyclic) bond motifs is 1. The monoisotopic (exact) mass is 280 g/mol. The molecule has 0 spiro atoms. The van der Waals surface area contributed by atoms with Crippen molar-refractivity contribution in [3.05, 3.63) is 47.8 Å². The summed E-state index contributed by atoms with van der Waals surface area (Å²) >= 11 is 0. The Bertz CT molecular complexity index is 752. The molecule has 0 atom stereocenters. The number of hydrogen-bond donors (Lipinski definition) is 1. The number of carbonyl (C=O) groups is 1. The molecule has 104 valence electrons. The van der Waals surface area contributed by atoms with Gasteiger partial charge >= 0.3 is 0 Å². The molecule has 2 aromatic rings. The molecule has 0 bridgehead atoms. The lowest BCUT2D eigenvalue weighted by Crippen LogP contribution is -2.38. The maximum absolute atomic E-state index is 12.1. The zero-order chi connectivity index (χ0) is 14.8. The Morgan fingerprint density at radius 2 is 2.29 bits per heavy atom. The smallest absolute Gasteiger partial charge is 0.265 e. The summed E-state index contributed by atoms with van der Waals surface area (Å²) < 4.78 is 5.39. The molecule has 6 nitrogen and oxygen atoms in total. The molecule has 1 amide bonds. The number of pyridine rings is 1. The van der Waals surface area contributed by atoms with Gasteiger partial charge in [-0.2, -0.15) is 5.26 Å². The van der Waals surface area contributed by atoms with Gasteiger partial charge in [-0.1, -0.05) is 6.07 Å². The third kappa shape index (κ3) is 2.37. The molecule has 0 radical (unpaired) electrons. The molecule has 0 fully saturated rings. The molecule has 1 aliphatic heterocycles. The van der Waals surface area contributed by atoms with Gasteiger partial charge < -0.3 is 15.4 Å². The van der Waals surface area contributed by atoms with Crippen LogP contribution in [0, 0.1) is 11.3 Å². The number of carbonyl (C=O) groups excluding carboxylic acids is 1. The Kier molecular flexibility index (Phi) is 3.16. The number of ether oxygens (including phenoxy) is 1. The maximum atomic E-state index is 12.1. The standard InChI is InChI=1S/C15H12N4O2/c16-7-12-10(2-1-5-18-12)8-19-13-6-11(17)3-4-14(13)21-9-15(19)20/h1-6H,8-9,17H2. The van der Waals surface area contributed by atoms with Gasteiger partial charge in [0.1, 0.15) is 17.5 Å². The summed E-state index contributed by atoms with van der Waals surface area (Å²) in [5.74, 6) is 0.423. The van der Waals surface area contributed by atoms with Crippen LogP contribution in [0.15, 0.2) is 36.5 Å². The van der Waals surface area contributed by atoms with Crippen LogP contribution in [0.1, 0.15) is 11.3 Å². The van der Waals surface area contributed by atoms with E-state index in [9.17, 15) is 4.79 Å². The average Bonchev–Trinajstić information content (AvgIpc) is 2.50. The number of benzene rings is 1. The highest BCUT2D eigenvalue weighted by atomic mass is 16.5. The predicted molar refractivity (Wildman–Crippen MR) is 76.5 cm³/mol. The van der Waals surface area contributed by atoms with E-state index in [0.29, 0.717) is 28.4 Å². The maximum Gasteiger partial charge on any atom is 0.265 e. The van der Waals surface area contributed by atoms with Gasteiger partial charge in [0.15, 0.2) is 6.61 Å². The van der Waals surface area contributed by atoms with Crippen molar-refractivity contribution in [3.63, 3.8) is 0 Å². The third-order valence-electron chi connectivity index (χ3n) is 3.25. The van der Waals surface area contributed by atoms with E-state index in [-0.39, 0.29) is 19.1 Å². The van der Waals surface area contributed by atoms with Gasteiger partial charge in [-0.15, -0.1) is 0 Å². The largest absolute Gasteiger partial charge is 0.482 e. The van der Waals surface area contributed by atoms with E-state index in [1.165, 1.54) is 0 Å². The van der Waals surface area contributed by atoms with Crippen molar-refractivity contribution in [3.8, 4) is 11.8 Å². The molecule has 3 rings (SSSR count). The van der Waals surface area contributed by atoms with Crippen LogP contribution in [0.5, 0.6) is 5.75 Å². The van der Waals surface area contributed by atoms with Crippen molar-refractivity contribution in [2.45, 2.75) is 6.54 Å². The van der Waals surface area contributed by atoms with Gasteiger partial charge in [-0.25, -0.2) is 4.98 Å². The molecular weight excluding hydrogens is 268 g/mol. The SMILES string of the molecule is N#Cc1ncccc1CN1C(=O)COc2ccc(N)cc21. The summed E-state index contributed by atoms with van der Waals surface area (Å²) in [4.78, 5) is 17.7. The number of amides is 1. The Hall–Kier alpha value is -3.07. The van der Waals surface area contributed by atoms with E-state index in [0.717, 1.165) is 0 Å². The Balaban J connectivity index is 2.01. The minimum atomic E-state index is -0.180. The molecule has 0 unspecified atom stereocenters. The lowest BCUT2D eigenvalue weighted by atomic mass is 10.1. The van der Waals surface area contributed by atoms with Gasteiger partial charge in [-0.05, 0) is 24.3 Å². The summed E-state index contributed by atoms with van der Waals surface area (Å²) in [6, 6.07) is 10.7. The van der Waals surface area contributed by atoms with Crippen molar-refractivity contribution in [2.75, 3.05) is 17.2 Å². The van der Waals surface area contributed by atoms with Crippen LogP contribution in [-0.4, -0.2) is 17.5 Å². The van der Waals surface area contributed by atoms with E-state index < -0.39 is 0 Å². The summed E-state index contributed by atoms with van der Waals surface area (Å²) in [6.45, 7) is 0.231. The van der Waals surface area contributed by atoms with Crippen molar-refractivity contribution >= 4 is 17.3 Å². The first kappa shape index (κ1) is 12.9. The molecular formula is C15H12N4O2. The highest BCUT2D eigenvalue weighted by Crippen LogP contribution is 2.34. The van der Waals surface area contributed by atoms with Crippen molar-refractivity contribution in [2.24, 2.45) is 0 Å². The second-order valence-corrected chi connectivity index (χ2v) is 4.62. The molecule has 21 heavy (non-hydrogen) atoms. The number of nitriles is 1. The van der Waals surface area contributed by atoms with Crippen molar-refractivity contribution < 1.29 is 9.53 Å². The van der Waals surface area contributed by atoms with E-state index >= 15 is 0 Å². The highest BCUT2D eigenvalue weighted by molar-refractivity contribution is 5.98. The topological polar surface area (TPSA) is 92.2 Å². The van der Waals surface area contributed by atoms with Gasteiger partial charge in [0, 0.05) is 17.4 Å². The van der Waals surface area contributed by atoms with Gasteiger partial charge in [0.2, 0.25) is 0 Å². The van der Waals surface area contributed by atoms with Crippen LogP contribution in [-0.2, 0) is 11.3 Å². The zero-order valence-electron chi connectivity index (χ0n) is 11.1. The van der Waals surface area contributed by atoms with Crippen LogP contribution in [0.3, 0.4) is 0 Å². The molecule has 0 aliphatic carbocycles. The van der Waals surface area contributed by atoms with E-state index in [2.05, 4.69) is 4.98 Å². The van der Waals surface area contributed by atoms with Crippen LogP contribution in [0.25, 0.3) is 0 Å². The number of aromatic nitrogens is 1. The molecule has 2 heterocycles. The summed E-state index contributed by atoms with van der Waals surface area (Å²) in [7, 11) is 0. The van der Waals surface area contributed by atoms with E-state index in [4.69, 9.17) is 15.7 Å². The molecule has 1 aromatic heterocycles. The average molecular weight is 280 g/mol. The lowest BCUT2D eigenvalue weighted by molar-refractivity contribution is -0.121. The Morgan fingerprint density at radius 3 is 3.10 bits per heavy atom. The number of rotatable bonds is 2. The summed E-state index contributed by atoms with van der Waals surface area (Å²) in [5.41, 5.74) is 7.93. The minimum absolute atomic E-state index is 0.0287. The third-order valence-corrected chi connectivity index (χ3v) is 3.25. The number of anilines is 2. The first-order valence-corrected chi connectivity index (χ1v) is 6.35. The second-order valence-electron chi connectivity index (χ2n) is 4.62. The van der Waals surface area contributed by atoms with E-state index in [1.54, 1.807) is 41.4 Å². The first-order valence-electron chi connectivity index (χ1n) is 6.35. The van der Waals surface area contributed by atoms with Crippen molar-refractivity contribution in [1.29, 1.82) is 5.26 Å². The Morgan fingerprint density at radius 1 is 1.43 bits per heavy atom. The quantitative estimate of drug-likeness (QED) is 0.841. The van der Waals surface area contributed by atoms with E-state index in [1.807, 2.05) is 6.07 Å². The van der Waals surface area contributed by atoms with Gasteiger partial charge in [0.25, 0.3) is 5.91 Å². The molecule has 1 aliphatic rings. The fraction of sp³-hybridized carbons (Fsp3) is 0.133. The van der Waals surface area contributed by atoms with Crippen LogP contribution in [0.4, 0.5) is 11.4 Å². The first-order chi connectivity index (χ1) is 10.2. The van der Waals surface area contributed by atoms with Gasteiger partial charge in [-0.3, -0.25) is 4.79 Å². The van der Waals surface area contributed by atoms with Gasteiger partial charge in [0.05, 0.1) is 12.2 Å². The van der Waals surface area contributed by atoms with Crippen LogP contribution < -0.4 is 15.4 Å². The number of nitrogens with two attached hydrogens (primary N) is 1. The Labute approximate surface area is 121 Å².